The number of amides is 1. The minimum atomic E-state index is -0.504. The number of nitrogens with one attached hydrogen (secondary N) is 2. The van der Waals surface area contributed by atoms with Crippen molar-refractivity contribution in [1.29, 1.82) is 0 Å². The van der Waals surface area contributed by atoms with Crippen LogP contribution < -0.4 is 10.6 Å². The van der Waals surface area contributed by atoms with E-state index >= 15 is 0 Å². The summed E-state index contributed by atoms with van der Waals surface area (Å²) in [5.41, 5.74) is -0.504. The predicted octanol–water partition coefficient (Wildman–Crippen LogP) is 1.04. The molecule has 5 nitrogen and oxygen atoms in total. The normalized spacial score (nSPS) is 13.1. The number of ketones is 1. The van der Waals surface area contributed by atoms with Crippen LogP contribution in [0.4, 0.5) is 4.79 Å². The van der Waals surface area contributed by atoms with E-state index < -0.39 is 11.7 Å². The zero-order valence-corrected chi connectivity index (χ0v) is 10.0. The summed E-state index contributed by atoms with van der Waals surface area (Å²) < 4.78 is 5.01. The second kappa shape index (κ2) is 5.70. The first-order chi connectivity index (χ1) is 6.72. The van der Waals surface area contributed by atoms with Crippen molar-refractivity contribution < 1.29 is 14.3 Å². The van der Waals surface area contributed by atoms with Crippen molar-refractivity contribution in [3.8, 4) is 0 Å². The Kier molecular flexibility index (Phi) is 5.28. The van der Waals surface area contributed by atoms with Crippen LogP contribution >= 0.6 is 0 Å². The summed E-state index contributed by atoms with van der Waals surface area (Å²) in [5, 5.41) is 5.34. The summed E-state index contributed by atoms with van der Waals surface area (Å²) in [5.74, 6) is 0.0287. The number of alkyl carbamates (subject to hydrolysis) is 1. The van der Waals surface area contributed by atoms with E-state index in [1.165, 1.54) is 6.92 Å². The van der Waals surface area contributed by atoms with Gasteiger partial charge in [0.15, 0.2) is 0 Å². The first-order valence-corrected chi connectivity index (χ1v) is 4.93. The van der Waals surface area contributed by atoms with Crippen molar-refractivity contribution in [2.24, 2.45) is 0 Å². The average molecular weight is 216 g/mol. The van der Waals surface area contributed by atoms with Gasteiger partial charge in [-0.3, -0.25) is 10.1 Å². The lowest BCUT2D eigenvalue weighted by molar-refractivity contribution is -0.118. The van der Waals surface area contributed by atoms with Gasteiger partial charge in [0, 0.05) is 0 Å². The molecule has 0 aromatic heterocycles. The monoisotopic (exact) mass is 216 g/mol. The molecule has 0 saturated heterocycles. The molecule has 0 heterocycles. The molecule has 0 rings (SSSR count). The van der Waals surface area contributed by atoms with Crippen LogP contribution in [0.5, 0.6) is 0 Å². The fourth-order valence-corrected chi connectivity index (χ4v) is 0.734. The number of ether oxygens (including phenoxy) is 1. The first-order valence-electron chi connectivity index (χ1n) is 4.93. The maximum Gasteiger partial charge on any atom is 0.408 e. The van der Waals surface area contributed by atoms with Crippen LogP contribution in [-0.2, 0) is 9.53 Å². The standard InChI is InChI=1S/C10H20N2O3/c1-7(8(2)13)11-6-12-9(14)15-10(3,4)5/h7,11H,6H2,1-5H3,(H,12,14). The predicted molar refractivity (Wildman–Crippen MR) is 57.5 cm³/mol. The minimum Gasteiger partial charge on any atom is -0.444 e. The largest absolute Gasteiger partial charge is 0.444 e. The average Bonchev–Trinajstić information content (AvgIpc) is 2.00. The summed E-state index contributed by atoms with van der Waals surface area (Å²) in [6, 6.07) is -0.264. The molecule has 0 aromatic rings. The number of carbonyl (C=O) groups is 2. The van der Waals surface area contributed by atoms with Crippen molar-refractivity contribution in [3.05, 3.63) is 0 Å². The molecule has 0 bridgehead atoms. The highest BCUT2D eigenvalue weighted by atomic mass is 16.6. The van der Waals surface area contributed by atoms with Crippen molar-refractivity contribution >= 4 is 11.9 Å². The van der Waals surface area contributed by atoms with E-state index in [1.807, 2.05) is 0 Å². The summed E-state index contributed by atoms with van der Waals surface area (Å²) in [6.07, 6.45) is -0.495. The molecule has 0 aliphatic rings. The van der Waals surface area contributed by atoms with Crippen LogP contribution in [0.15, 0.2) is 0 Å². The summed E-state index contributed by atoms with van der Waals surface area (Å²) in [6.45, 7) is 8.81. The minimum absolute atomic E-state index is 0.0287. The summed E-state index contributed by atoms with van der Waals surface area (Å²) in [4.78, 5) is 22.0. The lowest BCUT2D eigenvalue weighted by Gasteiger charge is -2.20. The Morgan fingerprint density at radius 3 is 2.27 bits per heavy atom. The summed E-state index contributed by atoms with van der Waals surface area (Å²) >= 11 is 0. The molecule has 1 unspecified atom stereocenters. The van der Waals surface area contributed by atoms with Gasteiger partial charge in [0.2, 0.25) is 0 Å². The smallest absolute Gasteiger partial charge is 0.408 e. The number of hydrogen-bond acceptors (Lipinski definition) is 4. The lowest BCUT2D eigenvalue weighted by Crippen LogP contribution is -2.43. The Labute approximate surface area is 90.6 Å². The van der Waals surface area contributed by atoms with Crippen LogP contribution in [-0.4, -0.2) is 30.2 Å². The van der Waals surface area contributed by atoms with Crippen molar-refractivity contribution in [1.82, 2.24) is 10.6 Å². The number of Topliss-reactive ketones (excluding diaryl/α,β-unsaturated/α-hetero) is 1. The third-order valence-electron chi connectivity index (χ3n) is 1.65. The molecule has 5 heteroatoms. The third-order valence-corrected chi connectivity index (χ3v) is 1.65. The second-order valence-electron chi connectivity index (χ2n) is 4.39. The topological polar surface area (TPSA) is 67.4 Å². The molecular formula is C10H20N2O3. The zero-order chi connectivity index (χ0) is 12.1. The molecule has 1 amide bonds. The first kappa shape index (κ1) is 13.9. The molecule has 0 spiro atoms. The van der Waals surface area contributed by atoms with E-state index in [9.17, 15) is 9.59 Å². The maximum atomic E-state index is 11.2. The molecule has 0 aliphatic carbocycles. The van der Waals surface area contributed by atoms with Gasteiger partial charge in [-0.2, -0.15) is 0 Å². The highest BCUT2D eigenvalue weighted by Gasteiger charge is 2.15. The van der Waals surface area contributed by atoms with Gasteiger partial charge in [0.05, 0.1) is 12.7 Å². The number of carbonyl (C=O) groups excluding carboxylic acids is 2. The molecule has 88 valence electrons. The molecule has 0 saturated carbocycles. The molecule has 0 aromatic carbocycles. The van der Waals surface area contributed by atoms with Gasteiger partial charge < -0.3 is 10.1 Å². The molecule has 0 radical (unpaired) electrons. The van der Waals surface area contributed by atoms with Gasteiger partial charge in [-0.15, -0.1) is 0 Å². The van der Waals surface area contributed by atoms with Gasteiger partial charge in [-0.25, -0.2) is 4.79 Å². The van der Waals surface area contributed by atoms with Crippen molar-refractivity contribution in [3.63, 3.8) is 0 Å². The van der Waals surface area contributed by atoms with Crippen LogP contribution in [0.1, 0.15) is 34.6 Å². The Morgan fingerprint density at radius 1 is 1.33 bits per heavy atom. The Bertz CT molecular complexity index is 233. The molecule has 0 fully saturated rings. The SMILES string of the molecule is CC(=O)C(C)NCNC(=O)OC(C)(C)C. The van der Waals surface area contributed by atoms with Gasteiger partial charge in [-0.05, 0) is 34.6 Å². The van der Waals surface area contributed by atoms with E-state index in [0.29, 0.717) is 0 Å². The van der Waals surface area contributed by atoms with E-state index in [4.69, 9.17) is 4.74 Å². The van der Waals surface area contributed by atoms with Crippen molar-refractivity contribution in [2.45, 2.75) is 46.3 Å². The van der Waals surface area contributed by atoms with Crippen LogP contribution in [0.2, 0.25) is 0 Å². The van der Waals surface area contributed by atoms with Gasteiger partial charge in [-0.1, -0.05) is 0 Å². The molecule has 2 N–H and O–H groups in total. The molecular weight excluding hydrogens is 196 g/mol. The maximum absolute atomic E-state index is 11.2. The van der Waals surface area contributed by atoms with E-state index in [-0.39, 0.29) is 18.5 Å². The second-order valence-corrected chi connectivity index (χ2v) is 4.39. The highest BCUT2D eigenvalue weighted by Crippen LogP contribution is 2.05. The van der Waals surface area contributed by atoms with Crippen LogP contribution in [0.25, 0.3) is 0 Å². The van der Waals surface area contributed by atoms with Crippen molar-refractivity contribution in [2.75, 3.05) is 6.67 Å². The Morgan fingerprint density at radius 2 is 1.87 bits per heavy atom. The summed E-state index contributed by atoms with van der Waals surface area (Å²) in [7, 11) is 0. The van der Waals surface area contributed by atoms with E-state index in [0.717, 1.165) is 0 Å². The van der Waals surface area contributed by atoms with E-state index in [2.05, 4.69) is 10.6 Å². The molecule has 15 heavy (non-hydrogen) atoms. The van der Waals surface area contributed by atoms with E-state index in [1.54, 1.807) is 27.7 Å². The molecule has 1 atom stereocenters. The fourth-order valence-electron chi connectivity index (χ4n) is 0.734. The van der Waals surface area contributed by atoms with Gasteiger partial charge >= 0.3 is 6.09 Å². The van der Waals surface area contributed by atoms with Crippen LogP contribution in [0, 0.1) is 0 Å². The fraction of sp³-hybridized carbons (Fsp3) is 0.800. The zero-order valence-electron chi connectivity index (χ0n) is 10.0. The Balaban J connectivity index is 3.69. The number of rotatable bonds is 4. The van der Waals surface area contributed by atoms with Gasteiger partial charge in [0.25, 0.3) is 0 Å². The quantitative estimate of drug-likeness (QED) is 0.689. The lowest BCUT2D eigenvalue weighted by atomic mass is 10.2. The molecule has 0 aliphatic heterocycles. The Hall–Kier alpha value is -1.10. The third kappa shape index (κ3) is 7.93. The highest BCUT2D eigenvalue weighted by molar-refractivity contribution is 5.80. The van der Waals surface area contributed by atoms with Crippen LogP contribution in [0.3, 0.4) is 0 Å². The number of hydrogen-bond donors (Lipinski definition) is 2. The van der Waals surface area contributed by atoms with Gasteiger partial charge in [0.1, 0.15) is 11.4 Å².